The van der Waals surface area contributed by atoms with Crippen LogP contribution in [0.5, 0.6) is 0 Å². The first-order valence-electron chi connectivity index (χ1n) is 9.48. The predicted octanol–water partition coefficient (Wildman–Crippen LogP) is 3.79. The van der Waals surface area contributed by atoms with Gasteiger partial charge in [-0.25, -0.2) is 0 Å². The lowest BCUT2D eigenvalue weighted by atomic mass is 9.92. The van der Waals surface area contributed by atoms with Crippen molar-refractivity contribution in [1.82, 2.24) is 4.90 Å². The fourth-order valence-electron chi connectivity index (χ4n) is 3.72. The standard InChI is InChI=1S/C21H31NO3/c1-21(2,3)20-24-12-10-19(25-20)14-17-13-18(23)9-11-22(17)15-16-7-5-4-6-8-16/h4-8,17,19-20H,9-15H2,1-3H3/t17-,19+,20+/m0/s1. The maximum absolute atomic E-state index is 12.0. The number of piperidine rings is 1. The second kappa shape index (κ2) is 7.98. The van der Waals surface area contributed by atoms with Gasteiger partial charge >= 0.3 is 0 Å². The Morgan fingerprint density at radius 3 is 2.68 bits per heavy atom. The lowest BCUT2D eigenvalue weighted by Crippen LogP contribution is -2.47. The molecule has 0 N–H and O–H groups in total. The number of hydrogen-bond donors (Lipinski definition) is 0. The molecule has 2 aliphatic heterocycles. The van der Waals surface area contributed by atoms with Crippen LogP contribution in [0.4, 0.5) is 0 Å². The first-order valence-corrected chi connectivity index (χ1v) is 9.48. The van der Waals surface area contributed by atoms with Gasteiger partial charge in [0.15, 0.2) is 6.29 Å². The lowest BCUT2D eigenvalue weighted by molar-refractivity contribution is -0.255. The SMILES string of the molecule is CC(C)(C)[C@@H]1OCC[C@H](C[C@@H]2CC(=O)CCN2Cc2ccccc2)O1. The van der Waals surface area contributed by atoms with Crippen molar-refractivity contribution < 1.29 is 14.3 Å². The molecule has 0 saturated carbocycles. The Hall–Kier alpha value is -1.23. The number of hydrogen-bond acceptors (Lipinski definition) is 4. The Bertz CT molecular complexity index is 566. The Kier molecular flexibility index (Phi) is 5.92. The van der Waals surface area contributed by atoms with Crippen molar-refractivity contribution in [2.75, 3.05) is 13.2 Å². The summed E-state index contributed by atoms with van der Waals surface area (Å²) in [6.07, 6.45) is 3.15. The highest BCUT2D eigenvalue weighted by Crippen LogP contribution is 2.31. The van der Waals surface area contributed by atoms with E-state index >= 15 is 0 Å². The average molecular weight is 345 g/mol. The number of ether oxygens (including phenoxy) is 2. The van der Waals surface area contributed by atoms with Crippen molar-refractivity contribution in [2.24, 2.45) is 5.41 Å². The van der Waals surface area contributed by atoms with Gasteiger partial charge < -0.3 is 9.47 Å². The van der Waals surface area contributed by atoms with Crippen LogP contribution in [-0.2, 0) is 20.8 Å². The van der Waals surface area contributed by atoms with Crippen molar-refractivity contribution in [2.45, 2.75) is 71.4 Å². The van der Waals surface area contributed by atoms with Crippen molar-refractivity contribution in [3.8, 4) is 0 Å². The zero-order chi connectivity index (χ0) is 17.9. The number of ketones is 1. The molecule has 0 amide bonds. The van der Waals surface area contributed by atoms with Gasteiger partial charge in [0.05, 0.1) is 12.7 Å². The molecule has 138 valence electrons. The molecule has 2 heterocycles. The zero-order valence-electron chi connectivity index (χ0n) is 15.7. The number of Topliss-reactive ketones (excluding diaryl/α,β-unsaturated/α-hetero) is 1. The quantitative estimate of drug-likeness (QED) is 0.832. The Labute approximate surface area is 151 Å². The number of benzene rings is 1. The van der Waals surface area contributed by atoms with Crippen molar-refractivity contribution >= 4 is 5.78 Å². The van der Waals surface area contributed by atoms with Gasteiger partial charge in [-0.2, -0.15) is 0 Å². The predicted molar refractivity (Wildman–Crippen MR) is 98.2 cm³/mol. The number of carbonyl (C=O) groups excluding carboxylic acids is 1. The summed E-state index contributed by atoms with van der Waals surface area (Å²) < 4.78 is 12.0. The molecule has 0 aliphatic carbocycles. The number of carbonyl (C=O) groups is 1. The van der Waals surface area contributed by atoms with E-state index < -0.39 is 0 Å². The lowest BCUT2D eigenvalue weighted by Gasteiger charge is -2.41. The summed E-state index contributed by atoms with van der Waals surface area (Å²) in [7, 11) is 0. The second-order valence-electron chi connectivity index (χ2n) is 8.45. The molecule has 3 atom stereocenters. The van der Waals surface area contributed by atoms with Crippen LogP contribution < -0.4 is 0 Å². The highest BCUT2D eigenvalue weighted by atomic mass is 16.7. The van der Waals surface area contributed by atoms with Crippen LogP contribution in [-0.4, -0.2) is 42.3 Å². The summed E-state index contributed by atoms with van der Waals surface area (Å²) in [6.45, 7) is 8.94. The molecule has 3 rings (SSSR count). The fourth-order valence-corrected chi connectivity index (χ4v) is 3.72. The van der Waals surface area contributed by atoms with Gasteiger partial charge in [-0.15, -0.1) is 0 Å². The molecule has 1 aromatic rings. The molecular weight excluding hydrogens is 314 g/mol. The minimum Gasteiger partial charge on any atom is -0.352 e. The van der Waals surface area contributed by atoms with E-state index in [1.54, 1.807) is 0 Å². The Morgan fingerprint density at radius 2 is 1.96 bits per heavy atom. The van der Waals surface area contributed by atoms with Gasteiger partial charge in [0.25, 0.3) is 0 Å². The van der Waals surface area contributed by atoms with Gasteiger partial charge in [-0.05, 0) is 18.4 Å². The van der Waals surface area contributed by atoms with Crippen LogP contribution in [0.15, 0.2) is 30.3 Å². The largest absolute Gasteiger partial charge is 0.352 e. The minimum atomic E-state index is -0.159. The van der Waals surface area contributed by atoms with Crippen molar-refractivity contribution in [3.63, 3.8) is 0 Å². The molecule has 0 bridgehead atoms. The molecule has 0 unspecified atom stereocenters. The number of nitrogens with zero attached hydrogens (tertiary/aromatic N) is 1. The smallest absolute Gasteiger partial charge is 0.162 e. The van der Waals surface area contributed by atoms with E-state index in [1.807, 2.05) is 6.07 Å². The van der Waals surface area contributed by atoms with E-state index in [4.69, 9.17) is 9.47 Å². The molecule has 0 spiro atoms. The average Bonchev–Trinajstić information content (AvgIpc) is 2.58. The molecule has 2 fully saturated rings. The number of likely N-dealkylation sites (tertiary alicyclic amines) is 1. The summed E-state index contributed by atoms with van der Waals surface area (Å²) >= 11 is 0. The summed E-state index contributed by atoms with van der Waals surface area (Å²) in [6, 6.07) is 10.8. The molecule has 0 aromatic heterocycles. The summed E-state index contributed by atoms with van der Waals surface area (Å²) in [4.78, 5) is 14.5. The summed E-state index contributed by atoms with van der Waals surface area (Å²) in [5, 5.41) is 0. The third-order valence-electron chi connectivity index (χ3n) is 5.15. The first kappa shape index (κ1) is 18.6. The minimum absolute atomic E-state index is 0.0230. The van der Waals surface area contributed by atoms with Gasteiger partial charge in [-0.1, -0.05) is 51.1 Å². The third-order valence-corrected chi connectivity index (χ3v) is 5.15. The summed E-state index contributed by atoms with van der Waals surface area (Å²) in [5.74, 6) is 0.383. The normalized spacial score (nSPS) is 28.9. The monoisotopic (exact) mass is 345 g/mol. The molecule has 2 aliphatic rings. The Morgan fingerprint density at radius 1 is 1.20 bits per heavy atom. The zero-order valence-corrected chi connectivity index (χ0v) is 15.7. The van der Waals surface area contributed by atoms with E-state index in [9.17, 15) is 4.79 Å². The van der Waals surface area contributed by atoms with Gasteiger partial charge in [0, 0.05) is 37.4 Å². The molecule has 0 radical (unpaired) electrons. The van der Waals surface area contributed by atoms with Crippen molar-refractivity contribution in [3.05, 3.63) is 35.9 Å². The third kappa shape index (κ3) is 5.13. The topological polar surface area (TPSA) is 38.8 Å². The van der Waals surface area contributed by atoms with E-state index in [0.29, 0.717) is 18.6 Å². The molecule has 4 nitrogen and oxygen atoms in total. The van der Waals surface area contributed by atoms with Crippen LogP contribution in [0.1, 0.15) is 52.0 Å². The van der Waals surface area contributed by atoms with E-state index in [1.165, 1.54) is 5.56 Å². The van der Waals surface area contributed by atoms with E-state index in [0.717, 1.165) is 32.5 Å². The first-order chi connectivity index (χ1) is 11.9. The van der Waals surface area contributed by atoms with Crippen LogP contribution in [0.25, 0.3) is 0 Å². The van der Waals surface area contributed by atoms with Crippen molar-refractivity contribution in [1.29, 1.82) is 0 Å². The van der Waals surface area contributed by atoms with Crippen LogP contribution in [0.3, 0.4) is 0 Å². The van der Waals surface area contributed by atoms with Gasteiger partial charge in [-0.3, -0.25) is 9.69 Å². The van der Waals surface area contributed by atoms with Gasteiger partial charge in [0.2, 0.25) is 0 Å². The Balaban J connectivity index is 1.64. The highest BCUT2D eigenvalue weighted by Gasteiger charge is 2.35. The van der Waals surface area contributed by atoms with E-state index in [2.05, 4.69) is 49.9 Å². The second-order valence-corrected chi connectivity index (χ2v) is 8.45. The highest BCUT2D eigenvalue weighted by molar-refractivity contribution is 5.80. The van der Waals surface area contributed by atoms with Gasteiger partial charge in [0.1, 0.15) is 5.78 Å². The maximum atomic E-state index is 12.0. The maximum Gasteiger partial charge on any atom is 0.162 e. The van der Waals surface area contributed by atoms with E-state index in [-0.39, 0.29) is 23.9 Å². The molecule has 25 heavy (non-hydrogen) atoms. The molecule has 1 aromatic carbocycles. The fraction of sp³-hybridized carbons (Fsp3) is 0.667. The molecular formula is C21H31NO3. The van der Waals surface area contributed by atoms with Crippen LogP contribution >= 0.6 is 0 Å². The molecule has 4 heteroatoms. The summed E-state index contributed by atoms with van der Waals surface area (Å²) in [5.41, 5.74) is 1.28. The number of rotatable bonds is 4. The van der Waals surface area contributed by atoms with Crippen LogP contribution in [0.2, 0.25) is 0 Å². The molecule has 2 saturated heterocycles. The van der Waals surface area contributed by atoms with Crippen LogP contribution in [0, 0.1) is 5.41 Å².